The molecule has 0 aliphatic carbocycles. The third-order valence-electron chi connectivity index (χ3n) is 3.37. The molecule has 6 heteroatoms. The minimum absolute atomic E-state index is 0.00778. The van der Waals surface area contributed by atoms with Crippen LogP contribution >= 0.6 is 0 Å². The Bertz CT molecular complexity index is 728. The molecule has 5 nitrogen and oxygen atoms in total. The van der Waals surface area contributed by atoms with E-state index in [2.05, 4.69) is 5.32 Å². The Morgan fingerprint density at radius 1 is 1.12 bits per heavy atom. The Labute approximate surface area is 139 Å². The topological polar surface area (TPSA) is 64.6 Å². The van der Waals surface area contributed by atoms with Gasteiger partial charge in [0.15, 0.2) is 18.2 Å². The number of amides is 1. The maximum atomic E-state index is 13.5. The number of aryl methyl sites for hydroxylation is 1. The first-order chi connectivity index (χ1) is 11.5. The van der Waals surface area contributed by atoms with E-state index in [0.29, 0.717) is 5.69 Å². The molecule has 2 rings (SSSR count). The predicted molar refractivity (Wildman–Crippen MR) is 87.7 cm³/mol. The van der Waals surface area contributed by atoms with Crippen LogP contribution in [0.4, 0.5) is 10.1 Å². The molecule has 0 radical (unpaired) electrons. The number of carbonyl (C=O) groups excluding carboxylic acids is 2. The average Bonchev–Trinajstić information content (AvgIpc) is 2.60. The van der Waals surface area contributed by atoms with E-state index in [4.69, 9.17) is 9.47 Å². The Balaban J connectivity index is 1.88. The predicted octanol–water partition coefficient (Wildman–Crippen LogP) is 3.19. The minimum Gasteiger partial charge on any atom is -0.494 e. The number of anilines is 1. The van der Waals surface area contributed by atoms with Crippen LogP contribution in [-0.4, -0.2) is 25.6 Å². The van der Waals surface area contributed by atoms with Crippen LogP contribution < -0.4 is 10.1 Å². The van der Waals surface area contributed by atoms with Crippen molar-refractivity contribution in [3.05, 3.63) is 59.4 Å². The molecule has 0 aliphatic heterocycles. The van der Waals surface area contributed by atoms with Crippen LogP contribution in [0.1, 0.15) is 22.8 Å². The van der Waals surface area contributed by atoms with E-state index in [1.165, 1.54) is 19.2 Å². The molecule has 0 saturated heterocycles. The molecule has 0 spiro atoms. The van der Waals surface area contributed by atoms with Crippen LogP contribution in [0.15, 0.2) is 42.5 Å². The molecule has 1 N–H and O–H groups in total. The van der Waals surface area contributed by atoms with Crippen molar-refractivity contribution in [2.24, 2.45) is 0 Å². The minimum atomic E-state index is -0.784. The van der Waals surface area contributed by atoms with Gasteiger partial charge in [-0.1, -0.05) is 19.1 Å². The summed E-state index contributed by atoms with van der Waals surface area (Å²) < 4.78 is 23.2. The SMILES string of the molecule is CCc1ccc(NC(=O)COC(=O)c2ccc(OC)c(F)c2)cc1. The Hall–Kier alpha value is -2.89. The number of ether oxygens (including phenoxy) is 2. The number of methoxy groups -OCH3 is 1. The van der Waals surface area contributed by atoms with Gasteiger partial charge in [-0.3, -0.25) is 4.79 Å². The van der Waals surface area contributed by atoms with Crippen molar-refractivity contribution in [2.75, 3.05) is 19.0 Å². The van der Waals surface area contributed by atoms with E-state index in [0.717, 1.165) is 18.1 Å². The number of esters is 1. The van der Waals surface area contributed by atoms with Crippen LogP contribution in [0.5, 0.6) is 5.75 Å². The number of hydrogen-bond acceptors (Lipinski definition) is 4. The van der Waals surface area contributed by atoms with Crippen LogP contribution in [0, 0.1) is 5.82 Å². The number of nitrogens with one attached hydrogen (secondary N) is 1. The highest BCUT2D eigenvalue weighted by Crippen LogP contribution is 2.18. The van der Waals surface area contributed by atoms with E-state index >= 15 is 0 Å². The normalized spacial score (nSPS) is 10.1. The summed E-state index contributed by atoms with van der Waals surface area (Å²) in [7, 11) is 1.33. The fourth-order valence-electron chi connectivity index (χ4n) is 2.03. The smallest absolute Gasteiger partial charge is 0.338 e. The number of halogens is 1. The van der Waals surface area contributed by atoms with Crippen molar-refractivity contribution in [3.8, 4) is 5.75 Å². The van der Waals surface area contributed by atoms with Gasteiger partial charge >= 0.3 is 5.97 Å². The lowest BCUT2D eigenvalue weighted by atomic mass is 10.1. The van der Waals surface area contributed by atoms with E-state index in [9.17, 15) is 14.0 Å². The highest BCUT2D eigenvalue weighted by Gasteiger charge is 2.13. The van der Waals surface area contributed by atoms with Crippen molar-refractivity contribution in [1.29, 1.82) is 0 Å². The largest absolute Gasteiger partial charge is 0.494 e. The summed E-state index contributed by atoms with van der Waals surface area (Å²) in [6, 6.07) is 11.0. The summed E-state index contributed by atoms with van der Waals surface area (Å²) in [5, 5.41) is 2.62. The van der Waals surface area contributed by atoms with Gasteiger partial charge in [0.25, 0.3) is 5.91 Å². The molecule has 2 aromatic rings. The molecule has 0 bridgehead atoms. The number of hydrogen-bond donors (Lipinski definition) is 1. The summed E-state index contributed by atoms with van der Waals surface area (Å²) >= 11 is 0. The van der Waals surface area contributed by atoms with Gasteiger partial charge in [0.2, 0.25) is 0 Å². The fourth-order valence-corrected chi connectivity index (χ4v) is 2.03. The molecular weight excluding hydrogens is 313 g/mol. The number of rotatable bonds is 6. The summed E-state index contributed by atoms with van der Waals surface area (Å²) in [6.45, 7) is 1.58. The van der Waals surface area contributed by atoms with Gasteiger partial charge in [-0.05, 0) is 42.3 Å². The first-order valence-electron chi connectivity index (χ1n) is 7.43. The first-order valence-corrected chi connectivity index (χ1v) is 7.43. The fraction of sp³-hybridized carbons (Fsp3) is 0.222. The molecule has 1 amide bonds. The summed E-state index contributed by atoms with van der Waals surface area (Å²) in [6.07, 6.45) is 0.907. The Morgan fingerprint density at radius 3 is 2.42 bits per heavy atom. The maximum Gasteiger partial charge on any atom is 0.338 e. The second-order valence-corrected chi connectivity index (χ2v) is 5.02. The van der Waals surface area contributed by atoms with Gasteiger partial charge in [-0.25, -0.2) is 9.18 Å². The molecule has 2 aromatic carbocycles. The first kappa shape index (κ1) is 17.5. The summed E-state index contributed by atoms with van der Waals surface area (Å²) in [4.78, 5) is 23.6. The van der Waals surface area contributed by atoms with Crippen LogP contribution in [-0.2, 0) is 16.0 Å². The Kier molecular flexibility index (Phi) is 5.89. The van der Waals surface area contributed by atoms with E-state index in [1.807, 2.05) is 19.1 Å². The maximum absolute atomic E-state index is 13.5. The molecule has 0 atom stereocenters. The number of benzene rings is 2. The molecule has 0 aliphatic rings. The third-order valence-corrected chi connectivity index (χ3v) is 3.37. The quantitative estimate of drug-likeness (QED) is 0.826. The highest BCUT2D eigenvalue weighted by atomic mass is 19.1. The van der Waals surface area contributed by atoms with Crippen molar-refractivity contribution in [3.63, 3.8) is 0 Å². The molecule has 0 heterocycles. The van der Waals surface area contributed by atoms with Crippen molar-refractivity contribution >= 4 is 17.6 Å². The molecule has 0 aromatic heterocycles. The zero-order chi connectivity index (χ0) is 17.5. The van der Waals surface area contributed by atoms with Crippen LogP contribution in [0.2, 0.25) is 0 Å². The molecule has 0 saturated carbocycles. The van der Waals surface area contributed by atoms with Crippen LogP contribution in [0.3, 0.4) is 0 Å². The van der Waals surface area contributed by atoms with Gasteiger partial charge in [0, 0.05) is 5.69 Å². The molecule has 24 heavy (non-hydrogen) atoms. The second-order valence-electron chi connectivity index (χ2n) is 5.02. The lowest BCUT2D eigenvalue weighted by molar-refractivity contribution is -0.119. The van der Waals surface area contributed by atoms with Gasteiger partial charge in [0.1, 0.15) is 0 Å². The second kappa shape index (κ2) is 8.10. The van der Waals surface area contributed by atoms with Crippen molar-refractivity contribution < 1.29 is 23.5 Å². The van der Waals surface area contributed by atoms with Gasteiger partial charge < -0.3 is 14.8 Å². The van der Waals surface area contributed by atoms with Gasteiger partial charge in [0.05, 0.1) is 12.7 Å². The standard InChI is InChI=1S/C18H18FNO4/c1-3-12-4-7-14(8-5-12)20-17(21)11-24-18(22)13-6-9-16(23-2)15(19)10-13/h4-10H,3,11H2,1-2H3,(H,20,21). The van der Waals surface area contributed by atoms with E-state index in [1.54, 1.807) is 12.1 Å². The van der Waals surface area contributed by atoms with Gasteiger partial charge in [-0.15, -0.1) is 0 Å². The van der Waals surface area contributed by atoms with Crippen molar-refractivity contribution in [1.82, 2.24) is 0 Å². The zero-order valence-electron chi connectivity index (χ0n) is 13.5. The van der Waals surface area contributed by atoms with Crippen molar-refractivity contribution in [2.45, 2.75) is 13.3 Å². The zero-order valence-corrected chi connectivity index (χ0v) is 13.5. The van der Waals surface area contributed by atoms with Gasteiger partial charge in [-0.2, -0.15) is 0 Å². The number of carbonyl (C=O) groups is 2. The molecule has 126 valence electrons. The monoisotopic (exact) mass is 331 g/mol. The summed E-state index contributed by atoms with van der Waals surface area (Å²) in [5.74, 6) is -1.90. The lowest BCUT2D eigenvalue weighted by Gasteiger charge is -2.08. The summed E-state index contributed by atoms with van der Waals surface area (Å²) in [5.41, 5.74) is 1.78. The third kappa shape index (κ3) is 4.55. The van der Waals surface area contributed by atoms with E-state index in [-0.39, 0.29) is 11.3 Å². The average molecular weight is 331 g/mol. The highest BCUT2D eigenvalue weighted by molar-refractivity contribution is 5.95. The molecular formula is C18H18FNO4. The lowest BCUT2D eigenvalue weighted by Crippen LogP contribution is -2.21. The Morgan fingerprint density at radius 2 is 1.83 bits per heavy atom. The molecule has 0 fully saturated rings. The van der Waals surface area contributed by atoms with E-state index < -0.39 is 24.3 Å². The molecule has 0 unspecified atom stereocenters. The van der Waals surface area contributed by atoms with Crippen LogP contribution in [0.25, 0.3) is 0 Å².